The van der Waals surface area contributed by atoms with Crippen LogP contribution in [0.15, 0.2) is 0 Å². The molecule has 0 aliphatic rings. The van der Waals surface area contributed by atoms with Crippen molar-refractivity contribution in [2.75, 3.05) is 6.54 Å². The maximum Gasteiger partial charge on any atom is 0.140 e. The number of nitrogens with two attached hydrogens (primary N) is 1. The van der Waals surface area contributed by atoms with E-state index < -0.39 is 0 Å². The van der Waals surface area contributed by atoms with Crippen LogP contribution in [0.3, 0.4) is 0 Å². The summed E-state index contributed by atoms with van der Waals surface area (Å²) in [6.07, 6.45) is 1.05. The van der Waals surface area contributed by atoms with Gasteiger partial charge in [0.2, 0.25) is 0 Å². The molecule has 0 aromatic heterocycles. The van der Waals surface area contributed by atoms with Crippen LogP contribution in [-0.4, -0.2) is 15.2 Å². The Morgan fingerprint density at radius 2 is 2.20 bits per heavy atom. The molecule has 0 rings (SSSR count). The van der Waals surface area contributed by atoms with Crippen molar-refractivity contribution in [3.63, 3.8) is 0 Å². The van der Waals surface area contributed by atoms with Crippen molar-refractivity contribution < 1.29 is 0 Å². The van der Waals surface area contributed by atoms with Gasteiger partial charge in [0.25, 0.3) is 0 Å². The summed E-state index contributed by atoms with van der Waals surface area (Å²) >= 11 is 10.7. The number of hydrogen-bond donors (Lipinski definition) is 2. The predicted molar refractivity (Wildman–Crippen MR) is 55.3 cm³/mol. The van der Waals surface area contributed by atoms with Gasteiger partial charge in [0.05, 0.1) is 0 Å². The van der Waals surface area contributed by atoms with Gasteiger partial charge >= 0.3 is 0 Å². The normalized spacial score (nSPS) is 8.90. The topological polar surface area (TPSA) is 38.0 Å². The lowest BCUT2D eigenvalue weighted by molar-refractivity contribution is 0.855. The van der Waals surface area contributed by atoms with Gasteiger partial charge in [-0.05, 0) is 18.2 Å². The first-order valence-corrected chi connectivity index (χ1v) is 4.55. The number of hydrogen-bond acceptors (Lipinski definition) is 3. The zero-order valence-corrected chi connectivity index (χ0v) is 8.17. The largest absolute Gasteiger partial charge is 0.384 e. The Labute approximate surface area is 75.9 Å². The molecule has 0 radical (unpaired) electrons. The highest BCUT2D eigenvalue weighted by Crippen LogP contribution is 2.00. The highest BCUT2D eigenvalue weighted by molar-refractivity contribution is 8.37. The van der Waals surface area contributed by atoms with Gasteiger partial charge in [-0.2, -0.15) is 0 Å². The average Bonchev–Trinajstić information content (AvgIpc) is 1.82. The van der Waals surface area contributed by atoms with Gasteiger partial charge in [0.15, 0.2) is 0 Å². The van der Waals surface area contributed by atoms with E-state index in [1.807, 2.05) is 0 Å². The minimum Gasteiger partial charge on any atom is -0.384 e. The Bertz CT molecular complexity index is 135. The Morgan fingerprint density at radius 1 is 1.60 bits per heavy atom. The number of thiocarbonyl (C=S) groups is 2. The van der Waals surface area contributed by atoms with Crippen LogP contribution in [0.5, 0.6) is 0 Å². The van der Waals surface area contributed by atoms with Crippen molar-refractivity contribution in [2.24, 2.45) is 5.73 Å². The fourth-order valence-corrected chi connectivity index (χ4v) is 1.49. The lowest BCUT2D eigenvalue weighted by Gasteiger charge is -2.02. The third-order valence-corrected chi connectivity index (χ3v) is 1.89. The summed E-state index contributed by atoms with van der Waals surface area (Å²) in [4.78, 5) is 0. The second-order valence-corrected chi connectivity index (χ2v) is 4.05. The standard InChI is InChI=1S/C5H10N2S3/c1-2-3-7-5(9)10-4(6)8/h2-3H2,1H3,(H2,6,8)(H,7,9). The fraction of sp³-hybridized carbons (Fsp3) is 0.600. The lowest BCUT2D eigenvalue weighted by atomic mass is 10.5. The third-order valence-electron chi connectivity index (χ3n) is 0.713. The maximum atomic E-state index is 5.23. The SMILES string of the molecule is CCCNC(=S)SC(N)=S. The van der Waals surface area contributed by atoms with Gasteiger partial charge in [-0.1, -0.05) is 31.4 Å². The summed E-state index contributed by atoms with van der Waals surface area (Å²) in [7, 11) is 0. The summed E-state index contributed by atoms with van der Waals surface area (Å²) in [6.45, 7) is 2.95. The van der Waals surface area contributed by atoms with E-state index >= 15 is 0 Å². The zero-order chi connectivity index (χ0) is 7.98. The van der Waals surface area contributed by atoms with E-state index in [1.54, 1.807) is 0 Å². The molecule has 0 aliphatic carbocycles. The van der Waals surface area contributed by atoms with Gasteiger partial charge < -0.3 is 11.1 Å². The van der Waals surface area contributed by atoms with Gasteiger partial charge in [0.1, 0.15) is 8.64 Å². The number of rotatable bonds is 2. The molecular formula is C5H10N2S3. The lowest BCUT2D eigenvalue weighted by Crippen LogP contribution is -2.21. The van der Waals surface area contributed by atoms with E-state index in [2.05, 4.69) is 24.5 Å². The van der Waals surface area contributed by atoms with E-state index in [0.29, 0.717) is 8.64 Å². The van der Waals surface area contributed by atoms with E-state index in [9.17, 15) is 0 Å². The molecule has 10 heavy (non-hydrogen) atoms. The van der Waals surface area contributed by atoms with E-state index in [-0.39, 0.29) is 0 Å². The van der Waals surface area contributed by atoms with Crippen LogP contribution in [0.25, 0.3) is 0 Å². The molecule has 0 aromatic rings. The minimum atomic E-state index is 0.369. The van der Waals surface area contributed by atoms with Gasteiger partial charge in [0, 0.05) is 6.54 Å². The van der Waals surface area contributed by atoms with Gasteiger partial charge in [-0.25, -0.2) is 0 Å². The first-order chi connectivity index (χ1) is 4.66. The smallest absolute Gasteiger partial charge is 0.140 e. The fourth-order valence-electron chi connectivity index (χ4n) is 0.355. The molecule has 0 aliphatic heterocycles. The first-order valence-electron chi connectivity index (χ1n) is 2.92. The van der Waals surface area contributed by atoms with E-state index in [0.717, 1.165) is 13.0 Å². The van der Waals surface area contributed by atoms with Crippen LogP contribution in [-0.2, 0) is 0 Å². The molecule has 5 heteroatoms. The molecule has 0 fully saturated rings. The molecule has 0 saturated carbocycles. The average molecular weight is 194 g/mol. The van der Waals surface area contributed by atoms with Crippen molar-refractivity contribution in [1.29, 1.82) is 0 Å². The van der Waals surface area contributed by atoms with E-state index in [4.69, 9.17) is 18.0 Å². The van der Waals surface area contributed by atoms with Crippen LogP contribution in [0.1, 0.15) is 13.3 Å². The number of nitrogens with one attached hydrogen (secondary N) is 1. The molecule has 2 nitrogen and oxygen atoms in total. The number of thioether (sulfide) groups is 1. The van der Waals surface area contributed by atoms with Crippen molar-refractivity contribution in [1.82, 2.24) is 5.32 Å². The van der Waals surface area contributed by atoms with Crippen LogP contribution in [0, 0.1) is 0 Å². The second-order valence-electron chi connectivity index (χ2n) is 1.64. The Balaban J connectivity index is 3.35. The summed E-state index contributed by atoms with van der Waals surface area (Å²) in [5, 5.41) is 2.99. The van der Waals surface area contributed by atoms with Crippen LogP contribution in [0.2, 0.25) is 0 Å². The molecular weight excluding hydrogens is 184 g/mol. The van der Waals surface area contributed by atoms with Crippen LogP contribution in [0.4, 0.5) is 0 Å². The van der Waals surface area contributed by atoms with Gasteiger partial charge in [-0.3, -0.25) is 0 Å². The second kappa shape index (κ2) is 5.88. The summed E-state index contributed by atoms with van der Waals surface area (Å²) in [5.41, 5.74) is 5.23. The molecule has 0 bridgehead atoms. The van der Waals surface area contributed by atoms with Crippen molar-refractivity contribution in [2.45, 2.75) is 13.3 Å². The Hall–Kier alpha value is 0.130. The third kappa shape index (κ3) is 6.25. The quantitative estimate of drug-likeness (QED) is 0.647. The molecule has 3 N–H and O–H groups in total. The Kier molecular flexibility index (Phi) is 5.96. The van der Waals surface area contributed by atoms with Crippen molar-refractivity contribution in [3.8, 4) is 0 Å². The van der Waals surface area contributed by atoms with E-state index in [1.165, 1.54) is 11.8 Å². The summed E-state index contributed by atoms with van der Waals surface area (Å²) in [6, 6.07) is 0. The minimum absolute atomic E-state index is 0.369. The Morgan fingerprint density at radius 3 is 2.60 bits per heavy atom. The molecule has 58 valence electrons. The van der Waals surface area contributed by atoms with Crippen molar-refractivity contribution in [3.05, 3.63) is 0 Å². The molecule has 0 atom stereocenters. The predicted octanol–water partition coefficient (Wildman–Crippen LogP) is 1.25. The van der Waals surface area contributed by atoms with Crippen LogP contribution < -0.4 is 11.1 Å². The van der Waals surface area contributed by atoms with Crippen molar-refractivity contribution >= 4 is 44.8 Å². The summed E-state index contributed by atoms with van der Waals surface area (Å²) < 4.78 is 1.03. The molecule has 0 amide bonds. The summed E-state index contributed by atoms with van der Waals surface area (Å²) in [5.74, 6) is 0. The molecule has 0 saturated heterocycles. The van der Waals surface area contributed by atoms with Crippen LogP contribution >= 0.6 is 36.2 Å². The molecule has 0 aromatic carbocycles. The molecule has 0 unspecified atom stereocenters. The molecule has 0 heterocycles. The maximum absolute atomic E-state index is 5.23. The first kappa shape index (κ1) is 10.1. The highest BCUT2D eigenvalue weighted by atomic mass is 32.2. The molecule has 0 spiro atoms. The monoisotopic (exact) mass is 194 g/mol. The highest BCUT2D eigenvalue weighted by Gasteiger charge is 1.96. The van der Waals surface area contributed by atoms with Gasteiger partial charge in [-0.15, -0.1) is 0 Å². The zero-order valence-electron chi connectivity index (χ0n) is 5.72.